The molecule has 2 aromatic rings. The lowest BCUT2D eigenvalue weighted by Crippen LogP contribution is -2.35. The number of carbonyl (C=O) groups is 2. The number of benzene rings is 1. The topological polar surface area (TPSA) is 77.3 Å². The number of rotatable bonds is 3. The second-order valence-electron chi connectivity index (χ2n) is 6.73. The number of fused-ring (bicyclic) bond motifs is 5. The molecule has 5 rings (SSSR count). The van der Waals surface area contributed by atoms with Crippen LogP contribution in [0.15, 0.2) is 30.6 Å². The number of nitrogens with zero attached hydrogens (tertiary/aromatic N) is 4. The van der Waals surface area contributed by atoms with Gasteiger partial charge in [-0.1, -0.05) is 23.7 Å². The third kappa shape index (κ3) is 2.22. The number of carbonyl (C=O) groups excluding carboxylic acids is 2. The summed E-state index contributed by atoms with van der Waals surface area (Å²) in [5.74, 6) is -1.06. The number of halogens is 1. The maximum absolute atomic E-state index is 12.7. The summed E-state index contributed by atoms with van der Waals surface area (Å²) in [6, 6.07) is 7.43. The number of anilines is 1. The molecule has 0 saturated carbocycles. The summed E-state index contributed by atoms with van der Waals surface area (Å²) in [5.41, 5.74) is 0.964. The molecule has 3 fully saturated rings. The van der Waals surface area contributed by atoms with E-state index in [0.717, 1.165) is 23.3 Å². The van der Waals surface area contributed by atoms with Gasteiger partial charge in [0.25, 0.3) is 5.95 Å². The lowest BCUT2D eigenvalue weighted by molar-refractivity contribution is -0.124. The van der Waals surface area contributed by atoms with E-state index in [1.807, 2.05) is 18.2 Å². The van der Waals surface area contributed by atoms with Crippen LogP contribution in [0.1, 0.15) is 18.4 Å². The van der Waals surface area contributed by atoms with Gasteiger partial charge in [-0.25, -0.2) is 9.58 Å². The van der Waals surface area contributed by atoms with E-state index < -0.39 is 0 Å². The van der Waals surface area contributed by atoms with E-state index in [1.165, 1.54) is 6.33 Å². The molecule has 0 unspecified atom stereocenters. The standard InChI is InChI=1S/C17H15ClN4O3/c18-10-3-1-2-9(6-10)7-21-8-19-17(20-21)22-15(23)13-11-4-5-12(25-11)14(13)16(22)24/h1-3,6,8,11-14H,4-5,7H2/t11-,12+,13-,14-/m0/s1. The van der Waals surface area contributed by atoms with Crippen LogP contribution in [-0.4, -0.2) is 38.8 Å². The van der Waals surface area contributed by atoms with E-state index in [9.17, 15) is 9.59 Å². The normalized spacial score (nSPS) is 30.4. The van der Waals surface area contributed by atoms with Crippen molar-refractivity contribution in [2.45, 2.75) is 31.6 Å². The molecule has 1 aromatic heterocycles. The quantitative estimate of drug-likeness (QED) is 0.780. The molecule has 25 heavy (non-hydrogen) atoms. The summed E-state index contributed by atoms with van der Waals surface area (Å²) in [4.78, 5) is 30.8. The molecule has 0 aliphatic carbocycles. The predicted molar refractivity (Wildman–Crippen MR) is 87.9 cm³/mol. The average Bonchev–Trinajstić information content (AvgIpc) is 3.33. The molecular formula is C17H15ClN4O3. The molecule has 4 atom stereocenters. The van der Waals surface area contributed by atoms with Gasteiger partial charge in [0.2, 0.25) is 11.8 Å². The Morgan fingerprint density at radius 3 is 2.56 bits per heavy atom. The highest BCUT2D eigenvalue weighted by molar-refractivity contribution is 6.30. The number of amides is 2. The Kier molecular flexibility index (Phi) is 3.23. The molecule has 4 heterocycles. The Morgan fingerprint density at radius 2 is 1.88 bits per heavy atom. The summed E-state index contributed by atoms with van der Waals surface area (Å²) < 4.78 is 7.33. The zero-order valence-corrected chi connectivity index (χ0v) is 14.0. The molecule has 7 nitrogen and oxygen atoms in total. The molecule has 1 aromatic carbocycles. The van der Waals surface area contributed by atoms with E-state index >= 15 is 0 Å². The molecule has 0 spiro atoms. The smallest absolute Gasteiger partial charge is 0.258 e. The van der Waals surface area contributed by atoms with Crippen molar-refractivity contribution < 1.29 is 14.3 Å². The van der Waals surface area contributed by atoms with Crippen molar-refractivity contribution in [3.63, 3.8) is 0 Å². The van der Waals surface area contributed by atoms with Crippen molar-refractivity contribution >= 4 is 29.4 Å². The van der Waals surface area contributed by atoms with Gasteiger partial charge in [-0.15, -0.1) is 5.10 Å². The minimum absolute atomic E-state index is 0.134. The Hall–Kier alpha value is -2.25. The minimum Gasteiger partial charge on any atom is -0.373 e. The Morgan fingerprint density at radius 1 is 1.16 bits per heavy atom. The van der Waals surface area contributed by atoms with E-state index in [2.05, 4.69) is 10.1 Å². The van der Waals surface area contributed by atoms with Gasteiger partial charge >= 0.3 is 0 Å². The van der Waals surface area contributed by atoms with Gasteiger partial charge in [0.1, 0.15) is 6.33 Å². The highest BCUT2D eigenvalue weighted by atomic mass is 35.5. The van der Waals surface area contributed by atoms with Crippen LogP contribution in [-0.2, 0) is 20.9 Å². The number of imide groups is 1. The van der Waals surface area contributed by atoms with Crippen molar-refractivity contribution in [3.05, 3.63) is 41.2 Å². The van der Waals surface area contributed by atoms with Gasteiger partial charge in [0.15, 0.2) is 0 Å². The summed E-state index contributed by atoms with van der Waals surface area (Å²) in [5, 5.41) is 4.97. The molecule has 2 bridgehead atoms. The van der Waals surface area contributed by atoms with Gasteiger partial charge in [-0.05, 0) is 30.5 Å². The molecule has 128 valence electrons. The Labute approximate surface area is 148 Å². The van der Waals surface area contributed by atoms with Crippen molar-refractivity contribution in [2.24, 2.45) is 11.8 Å². The lowest BCUT2D eigenvalue weighted by Gasteiger charge is -2.14. The van der Waals surface area contributed by atoms with E-state index in [4.69, 9.17) is 16.3 Å². The molecule has 3 aliphatic heterocycles. The SMILES string of the molecule is O=C1[C@@H]2[C@@H](C(=O)N1c1ncn(Cc3cccc(Cl)c3)n1)[C@H]1CC[C@@H]2O1. The Bertz CT molecular complexity index is 854. The number of ether oxygens (including phenoxy) is 1. The highest BCUT2D eigenvalue weighted by Gasteiger charge is 2.63. The van der Waals surface area contributed by atoms with Crippen molar-refractivity contribution in [2.75, 3.05) is 4.90 Å². The van der Waals surface area contributed by atoms with Gasteiger partial charge < -0.3 is 4.74 Å². The number of aromatic nitrogens is 3. The van der Waals surface area contributed by atoms with E-state index in [-0.39, 0.29) is 41.8 Å². The third-order valence-electron chi connectivity index (χ3n) is 5.24. The highest BCUT2D eigenvalue weighted by Crippen LogP contribution is 2.48. The lowest BCUT2D eigenvalue weighted by atomic mass is 9.81. The van der Waals surface area contributed by atoms with E-state index in [1.54, 1.807) is 10.7 Å². The predicted octanol–water partition coefficient (Wildman–Crippen LogP) is 1.65. The van der Waals surface area contributed by atoms with Crippen LogP contribution in [0.2, 0.25) is 5.02 Å². The van der Waals surface area contributed by atoms with Crippen LogP contribution < -0.4 is 4.90 Å². The fourth-order valence-corrected chi connectivity index (χ4v) is 4.41. The van der Waals surface area contributed by atoms with Crippen LogP contribution in [0.25, 0.3) is 0 Å². The second-order valence-corrected chi connectivity index (χ2v) is 7.16. The summed E-state index contributed by atoms with van der Waals surface area (Å²) in [6.45, 7) is 0.463. The third-order valence-corrected chi connectivity index (χ3v) is 5.48. The molecule has 0 radical (unpaired) electrons. The largest absolute Gasteiger partial charge is 0.373 e. The van der Waals surface area contributed by atoms with Crippen molar-refractivity contribution in [1.82, 2.24) is 14.8 Å². The van der Waals surface area contributed by atoms with Gasteiger partial charge in [0.05, 0.1) is 30.6 Å². The monoisotopic (exact) mass is 358 g/mol. The minimum atomic E-state index is -0.369. The average molecular weight is 359 g/mol. The fourth-order valence-electron chi connectivity index (χ4n) is 4.19. The van der Waals surface area contributed by atoms with Crippen LogP contribution in [0.3, 0.4) is 0 Å². The summed E-state index contributed by atoms with van der Waals surface area (Å²) >= 11 is 5.99. The number of hydrogen-bond acceptors (Lipinski definition) is 5. The zero-order chi connectivity index (χ0) is 17.1. The molecule has 3 saturated heterocycles. The van der Waals surface area contributed by atoms with Gasteiger partial charge in [-0.2, -0.15) is 4.98 Å². The maximum atomic E-state index is 12.7. The van der Waals surface area contributed by atoms with Crippen LogP contribution in [0.5, 0.6) is 0 Å². The Balaban J connectivity index is 1.40. The van der Waals surface area contributed by atoms with Crippen LogP contribution in [0, 0.1) is 11.8 Å². The molecule has 2 amide bonds. The van der Waals surface area contributed by atoms with Crippen LogP contribution in [0.4, 0.5) is 5.95 Å². The molecular weight excluding hydrogens is 344 g/mol. The number of hydrogen-bond donors (Lipinski definition) is 0. The molecule has 8 heteroatoms. The van der Waals surface area contributed by atoms with Gasteiger partial charge in [0, 0.05) is 5.02 Å². The van der Waals surface area contributed by atoms with Crippen LogP contribution >= 0.6 is 11.6 Å². The summed E-state index contributed by atoms with van der Waals surface area (Å²) in [7, 11) is 0. The van der Waals surface area contributed by atoms with Crippen molar-refractivity contribution in [3.8, 4) is 0 Å². The van der Waals surface area contributed by atoms with E-state index in [0.29, 0.717) is 11.6 Å². The molecule has 0 N–H and O–H groups in total. The molecule has 3 aliphatic rings. The first kappa shape index (κ1) is 15.0. The fraction of sp³-hybridized carbons (Fsp3) is 0.412. The first-order chi connectivity index (χ1) is 12.1. The first-order valence-electron chi connectivity index (χ1n) is 8.29. The first-order valence-corrected chi connectivity index (χ1v) is 8.67. The summed E-state index contributed by atoms with van der Waals surface area (Å²) in [6.07, 6.45) is 2.94. The maximum Gasteiger partial charge on any atom is 0.258 e. The van der Waals surface area contributed by atoms with Gasteiger partial charge in [-0.3, -0.25) is 9.59 Å². The van der Waals surface area contributed by atoms with Crippen molar-refractivity contribution in [1.29, 1.82) is 0 Å². The second kappa shape index (κ2) is 5.37. The zero-order valence-electron chi connectivity index (χ0n) is 13.2.